The van der Waals surface area contributed by atoms with E-state index in [0.717, 1.165) is 41.0 Å². The first-order valence-electron chi connectivity index (χ1n) is 7.96. The molecule has 6 heteroatoms. The van der Waals surface area contributed by atoms with Crippen LogP contribution in [0.25, 0.3) is 22.4 Å². The third kappa shape index (κ3) is 2.07. The van der Waals surface area contributed by atoms with Crippen LogP contribution >= 0.6 is 0 Å². The van der Waals surface area contributed by atoms with Gasteiger partial charge >= 0.3 is 0 Å². The fraction of sp³-hybridized carbons (Fsp3) is 0.167. The molecule has 0 bridgehead atoms. The van der Waals surface area contributed by atoms with Crippen LogP contribution in [0, 0.1) is 0 Å². The lowest BCUT2D eigenvalue weighted by molar-refractivity contribution is 0.495. The molecule has 0 radical (unpaired) electrons. The highest BCUT2D eigenvalue weighted by Gasteiger charge is 2.26. The van der Waals surface area contributed by atoms with Crippen molar-refractivity contribution in [2.45, 2.75) is 18.9 Å². The number of rotatable bonds is 2. The Hall–Kier alpha value is -3.15. The van der Waals surface area contributed by atoms with Gasteiger partial charge in [0.25, 0.3) is 0 Å². The summed E-state index contributed by atoms with van der Waals surface area (Å²) >= 11 is 0. The summed E-state index contributed by atoms with van der Waals surface area (Å²) < 4.78 is 1.89. The molecule has 0 spiro atoms. The quantitative estimate of drug-likeness (QED) is 0.569. The zero-order valence-electron chi connectivity index (χ0n) is 12.9. The van der Waals surface area contributed by atoms with Crippen molar-refractivity contribution in [3.63, 3.8) is 0 Å². The average Bonchev–Trinajstić information content (AvgIpc) is 3.28. The molecule has 5 rings (SSSR count). The van der Waals surface area contributed by atoms with E-state index in [4.69, 9.17) is 0 Å². The van der Waals surface area contributed by atoms with Gasteiger partial charge in [-0.1, -0.05) is 23.4 Å². The third-order valence-corrected chi connectivity index (χ3v) is 4.47. The van der Waals surface area contributed by atoms with E-state index in [1.807, 2.05) is 47.4 Å². The number of para-hydroxylation sites is 2. The first-order chi connectivity index (χ1) is 11.9. The zero-order valence-corrected chi connectivity index (χ0v) is 12.9. The van der Waals surface area contributed by atoms with Gasteiger partial charge in [0.2, 0.25) is 0 Å². The second-order valence-electron chi connectivity index (χ2n) is 5.93. The summed E-state index contributed by atoms with van der Waals surface area (Å²) in [5, 5.41) is 8.61. The van der Waals surface area contributed by atoms with E-state index >= 15 is 0 Å². The van der Waals surface area contributed by atoms with Crippen molar-refractivity contribution in [2.75, 3.05) is 0 Å². The number of aryl methyl sites for hydroxylation is 1. The van der Waals surface area contributed by atoms with Crippen molar-refractivity contribution in [2.24, 2.45) is 0 Å². The topological polar surface area (TPSA) is 69.4 Å². The Morgan fingerprint density at radius 2 is 1.88 bits per heavy atom. The standard InChI is InChI=1S/C18H14N6/c1-2-6-14-13(5-1)20-10-15(21-14)16-11-24(23-22-16)17-8-7-12-4-3-9-19-18(12)17/h1-6,9-11,17H,7-8H2. The minimum Gasteiger partial charge on any atom is -0.259 e. The lowest BCUT2D eigenvalue weighted by Crippen LogP contribution is -2.09. The first kappa shape index (κ1) is 13.3. The maximum atomic E-state index is 4.64. The summed E-state index contributed by atoms with van der Waals surface area (Å²) in [5.74, 6) is 0. The van der Waals surface area contributed by atoms with Crippen LogP contribution in [-0.4, -0.2) is 29.9 Å². The molecule has 1 aliphatic rings. The number of hydrogen-bond donors (Lipinski definition) is 0. The highest BCUT2D eigenvalue weighted by Crippen LogP contribution is 2.32. The molecule has 1 aromatic carbocycles. The van der Waals surface area contributed by atoms with E-state index in [9.17, 15) is 0 Å². The first-order valence-corrected chi connectivity index (χ1v) is 7.96. The van der Waals surface area contributed by atoms with Crippen molar-refractivity contribution in [3.05, 3.63) is 66.2 Å². The Labute approximate surface area is 138 Å². The summed E-state index contributed by atoms with van der Waals surface area (Å²) in [7, 11) is 0. The highest BCUT2D eigenvalue weighted by atomic mass is 15.4. The fourth-order valence-corrected chi connectivity index (χ4v) is 3.28. The van der Waals surface area contributed by atoms with Crippen LogP contribution in [0.2, 0.25) is 0 Å². The molecule has 0 saturated carbocycles. The van der Waals surface area contributed by atoms with Crippen molar-refractivity contribution < 1.29 is 0 Å². The fourth-order valence-electron chi connectivity index (χ4n) is 3.28. The zero-order chi connectivity index (χ0) is 15.9. The van der Waals surface area contributed by atoms with E-state index in [1.165, 1.54) is 5.56 Å². The van der Waals surface area contributed by atoms with Gasteiger partial charge in [0.15, 0.2) is 0 Å². The SMILES string of the molecule is c1cnc2c(c1)CCC2n1cc(-c2cnc3ccccc3n2)nn1. The maximum Gasteiger partial charge on any atom is 0.133 e. The van der Waals surface area contributed by atoms with Crippen molar-refractivity contribution >= 4 is 11.0 Å². The Bertz CT molecular complexity index is 1040. The van der Waals surface area contributed by atoms with Crippen LogP contribution in [0.4, 0.5) is 0 Å². The monoisotopic (exact) mass is 314 g/mol. The van der Waals surface area contributed by atoms with Gasteiger partial charge in [-0.15, -0.1) is 5.10 Å². The second kappa shape index (κ2) is 5.19. The largest absolute Gasteiger partial charge is 0.259 e. The molecule has 4 aromatic rings. The minimum absolute atomic E-state index is 0.149. The smallest absolute Gasteiger partial charge is 0.133 e. The number of aromatic nitrogens is 6. The molecule has 116 valence electrons. The van der Waals surface area contributed by atoms with Crippen LogP contribution in [0.3, 0.4) is 0 Å². The van der Waals surface area contributed by atoms with Gasteiger partial charge in [0.1, 0.15) is 11.4 Å². The molecule has 24 heavy (non-hydrogen) atoms. The molecule has 6 nitrogen and oxygen atoms in total. The molecule has 0 fully saturated rings. The van der Waals surface area contributed by atoms with E-state index < -0.39 is 0 Å². The van der Waals surface area contributed by atoms with Crippen molar-refractivity contribution in [3.8, 4) is 11.4 Å². The van der Waals surface area contributed by atoms with Gasteiger partial charge < -0.3 is 0 Å². The predicted molar refractivity (Wildman–Crippen MR) is 89.3 cm³/mol. The molecular weight excluding hydrogens is 300 g/mol. The van der Waals surface area contributed by atoms with Crippen LogP contribution < -0.4 is 0 Å². The van der Waals surface area contributed by atoms with Gasteiger partial charge in [-0.3, -0.25) is 9.97 Å². The molecule has 0 amide bonds. The van der Waals surface area contributed by atoms with E-state index in [1.54, 1.807) is 6.20 Å². The molecule has 3 heterocycles. The molecule has 0 saturated heterocycles. The molecule has 3 aromatic heterocycles. The van der Waals surface area contributed by atoms with Gasteiger partial charge in [-0.05, 0) is 36.6 Å². The van der Waals surface area contributed by atoms with Crippen LogP contribution in [0.15, 0.2) is 55.0 Å². The number of pyridine rings is 1. The molecule has 0 aliphatic heterocycles. The summed E-state index contributed by atoms with van der Waals surface area (Å²) in [6.45, 7) is 0. The summed E-state index contributed by atoms with van der Waals surface area (Å²) in [4.78, 5) is 13.6. The Balaban J connectivity index is 1.53. The Kier molecular flexibility index (Phi) is 2.88. The number of fused-ring (bicyclic) bond motifs is 2. The van der Waals surface area contributed by atoms with E-state index in [2.05, 4.69) is 31.3 Å². The van der Waals surface area contributed by atoms with Crippen molar-refractivity contribution in [1.29, 1.82) is 0 Å². The summed E-state index contributed by atoms with van der Waals surface area (Å²) in [6.07, 6.45) is 7.55. The maximum absolute atomic E-state index is 4.64. The lowest BCUT2D eigenvalue weighted by atomic mass is 10.2. The number of benzene rings is 1. The summed E-state index contributed by atoms with van der Waals surface area (Å²) in [5.41, 5.74) is 5.60. The van der Waals surface area contributed by atoms with Crippen LogP contribution in [-0.2, 0) is 6.42 Å². The second-order valence-corrected chi connectivity index (χ2v) is 5.93. The molecule has 0 N–H and O–H groups in total. The van der Waals surface area contributed by atoms with Crippen LogP contribution in [0.5, 0.6) is 0 Å². The number of hydrogen-bond acceptors (Lipinski definition) is 5. The van der Waals surface area contributed by atoms with Gasteiger partial charge in [0.05, 0.1) is 35.2 Å². The molecule has 1 atom stereocenters. The van der Waals surface area contributed by atoms with E-state index in [-0.39, 0.29) is 6.04 Å². The Morgan fingerprint density at radius 1 is 0.958 bits per heavy atom. The lowest BCUT2D eigenvalue weighted by Gasteiger charge is -2.09. The molecular formula is C18H14N6. The van der Waals surface area contributed by atoms with Gasteiger partial charge in [-0.2, -0.15) is 0 Å². The van der Waals surface area contributed by atoms with Gasteiger partial charge in [-0.25, -0.2) is 9.67 Å². The molecule has 1 aliphatic carbocycles. The normalized spacial score (nSPS) is 16.4. The number of nitrogens with zero attached hydrogens (tertiary/aromatic N) is 6. The minimum atomic E-state index is 0.149. The van der Waals surface area contributed by atoms with Crippen LogP contribution in [0.1, 0.15) is 23.7 Å². The third-order valence-electron chi connectivity index (χ3n) is 4.47. The predicted octanol–water partition coefficient (Wildman–Crippen LogP) is 2.82. The highest BCUT2D eigenvalue weighted by molar-refractivity contribution is 5.76. The van der Waals surface area contributed by atoms with Crippen molar-refractivity contribution in [1.82, 2.24) is 29.9 Å². The molecule has 1 unspecified atom stereocenters. The van der Waals surface area contributed by atoms with E-state index in [0.29, 0.717) is 0 Å². The van der Waals surface area contributed by atoms with Gasteiger partial charge in [0, 0.05) is 6.20 Å². The summed E-state index contributed by atoms with van der Waals surface area (Å²) in [6, 6.07) is 12.1. The Morgan fingerprint density at radius 3 is 2.83 bits per heavy atom. The average molecular weight is 314 g/mol.